The molecule has 0 aliphatic heterocycles. The smallest absolute Gasteiger partial charge is 0.130 e. The highest BCUT2D eigenvalue weighted by atomic mass is 15.1. The second-order valence-corrected chi connectivity index (χ2v) is 4.12. The van der Waals surface area contributed by atoms with Crippen molar-refractivity contribution in [3.63, 3.8) is 0 Å². The predicted molar refractivity (Wildman–Crippen MR) is 69.5 cm³/mol. The molecule has 0 aliphatic carbocycles. The van der Waals surface area contributed by atoms with Gasteiger partial charge in [-0.05, 0) is 19.5 Å². The van der Waals surface area contributed by atoms with E-state index in [9.17, 15) is 0 Å². The standard InChI is InChI=1S/C13H20N4/c1-4-17(9-11(2)8-14)10-12-6-5-7-16-13(12)15-3/h5-7,11H,4,9-10H2,1-3H3,(H,15,16). The maximum Gasteiger partial charge on any atom is 0.130 e. The van der Waals surface area contributed by atoms with E-state index in [0.29, 0.717) is 0 Å². The van der Waals surface area contributed by atoms with Crippen LogP contribution in [0.4, 0.5) is 5.82 Å². The Morgan fingerprint density at radius 2 is 2.35 bits per heavy atom. The van der Waals surface area contributed by atoms with E-state index < -0.39 is 0 Å². The first kappa shape index (κ1) is 13.5. The Hall–Kier alpha value is -1.60. The van der Waals surface area contributed by atoms with E-state index in [1.807, 2.05) is 20.0 Å². The molecule has 0 radical (unpaired) electrons. The summed E-state index contributed by atoms with van der Waals surface area (Å²) < 4.78 is 0. The molecule has 0 spiro atoms. The van der Waals surface area contributed by atoms with Crippen LogP contribution in [-0.2, 0) is 6.54 Å². The van der Waals surface area contributed by atoms with Gasteiger partial charge in [-0.1, -0.05) is 13.0 Å². The number of nitrogens with one attached hydrogen (secondary N) is 1. The van der Waals surface area contributed by atoms with Crippen LogP contribution < -0.4 is 5.32 Å². The SMILES string of the molecule is CCN(Cc1cccnc1NC)CC(C)C#N. The van der Waals surface area contributed by atoms with Crippen molar-refractivity contribution in [1.29, 1.82) is 5.26 Å². The van der Waals surface area contributed by atoms with Gasteiger partial charge in [0.15, 0.2) is 0 Å². The van der Waals surface area contributed by atoms with E-state index in [2.05, 4.69) is 34.3 Å². The molecule has 1 N–H and O–H groups in total. The van der Waals surface area contributed by atoms with Crippen molar-refractivity contribution < 1.29 is 0 Å². The normalized spacial score (nSPS) is 12.2. The van der Waals surface area contributed by atoms with Crippen LogP contribution in [0.5, 0.6) is 0 Å². The summed E-state index contributed by atoms with van der Waals surface area (Å²) in [6.45, 7) is 6.62. The van der Waals surface area contributed by atoms with E-state index >= 15 is 0 Å². The Labute approximate surface area is 103 Å². The molecule has 4 nitrogen and oxygen atoms in total. The maximum atomic E-state index is 8.84. The summed E-state index contributed by atoms with van der Waals surface area (Å²) in [4.78, 5) is 6.54. The summed E-state index contributed by atoms with van der Waals surface area (Å²) >= 11 is 0. The van der Waals surface area contributed by atoms with Crippen molar-refractivity contribution in [2.45, 2.75) is 20.4 Å². The molecule has 0 fully saturated rings. The fraction of sp³-hybridized carbons (Fsp3) is 0.538. The number of anilines is 1. The third-order valence-corrected chi connectivity index (χ3v) is 2.72. The number of hydrogen-bond donors (Lipinski definition) is 1. The van der Waals surface area contributed by atoms with Crippen LogP contribution in [0.3, 0.4) is 0 Å². The summed E-state index contributed by atoms with van der Waals surface area (Å²) in [6.07, 6.45) is 1.78. The first-order valence-corrected chi connectivity index (χ1v) is 5.94. The molecule has 1 aromatic heterocycles. The Morgan fingerprint density at radius 3 is 2.94 bits per heavy atom. The van der Waals surface area contributed by atoms with Crippen LogP contribution in [0.25, 0.3) is 0 Å². The van der Waals surface area contributed by atoms with Crippen molar-refractivity contribution in [3.8, 4) is 6.07 Å². The molecule has 0 saturated carbocycles. The molecule has 0 bridgehead atoms. The van der Waals surface area contributed by atoms with E-state index in [-0.39, 0.29) is 5.92 Å². The van der Waals surface area contributed by atoms with E-state index in [1.165, 1.54) is 5.56 Å². The van der Waals surface area contributed by atoms with Gasteiger partial charge in [-0.15, -0.1) is 0 Å². The zero-order valence-electron chi connectivity index (χ0n) is 10.8. The number of pyridine rings is 1. The molecule has 92 valence electrons. The van der Waals surface area contributed by atoms with Gasteiger partial charge in [0, 0.05) is 31.9 Å². The summed E-state index contributed by atoms with van der Waals surface area (Å²) in [7, 11) is 1.88. The average molecular weight is 232 g/mol. The van der Waals surface area contributed by atoms with Gasteiger partial charge in [0.1, 0.15) is 5.82 Å². The van der Waals surface area contributed by atoms with Gasteiger partial charge in [-0.3, -0.25) is 4.90 Å². The lowest BCUT2D eigenvalue weighted by Gasteiger charge is -2.22. The van der Waals surface area contributed by atoms with Crippen molar-refractivity contribution in [3.05, 3.63) is 23.9 Å². The highest BCUT2D eigenvalue weighted by Gasteiger charge is 2.10. The zero-order chi connectivity index (χ0) is 12.7. The van der Waals surface area contributed by atoms with Gasteiger partial charge in [-0.2, -0.15) is 5.26 Å². The number of hydrogen-bond acceptors (Lipinski definition) is 4. The minimum atomic E-state index is 0.0599. The van der Waals surface area contributed by atoms with Crippen LogP contribution in [0.1, 0.15) is 19.4 Å². The third-order valence-electron chi connectivity index (χ3n) is 2.72. The largest absolute Gasteiger partial charge is 0.373 e. The molecule has 1 atom stereocenters. The monoisotopic (exact) mass is 232 g/mol. The fourth-order valence-corrected chi connectivity index (χ4v) is 1.77. The van der Waals surface area contributed by atoms with Crippen molar-refractivity contribution in [2.24, 2.45) is 5.92 Å². The number of nitriles is 1. The Bertz CT molecular complexity index is 383. The molecule has 17 heavy (non-hydrogen) atoms. The lowest BCUT2D eigenvalue weighted by atomic mass is 10.1. The van der Waals surface area contributed by atoms with Crippen LogP contribution in [0.15, 0.2) is 18.3 Å². The van der Waals surface area contributed by atoms with Gasteiger partial charge in [0.2, 0.25) is 0 Å². The molecular formula is C13H20N4. The maximum absolute atomic E-state index is 8.84. The molecule has 1 aromatic rings. The number of nitrogens with zero attached hydrogens (tertiary/aromatic N) is 3. The van der Waals surface area contributed by atoms with Crippen molar-refractivity contribution >= 4 is 5.82 Å². The molecule has 1 heterocycles. The minimum Gasteiger partial charge on any atom is -0.373 e. The van der Waals surface area contributed by atoms with Gasteiger partial charge >= 0.3 is 0 Å². The number of aromatic nitrogens is 1. The molecule has 4 heteroatoms. The molecule has 1 rings (SSSR count). The lowest BCUT2D eigenvalue weighted by molar-refractivity contribution is 0.260. The third kappa shape index (κ3) is 4.04. The summed E-state index contributed by atoms with van der Waals surface area (Å²) in [5.41, 5.74) is 1.17. The Balaban J connectivity index is 2.70. The Morgan fingerprint density at radius 1 is 1.59 bits per heavy atom. The molecule has 0 amide bonds. The van der Waals surface area contributed by atoms with Gasteiger partial charge in [0.05, 0.1) is 12.0 Å². The van der Waals surface area contributed by atoms with Crippen LogP contribution in [-0.4, -0.2) is 30.0 Å². The molecule has 0 aromatic carbocycles. The highest BCUT2D eigenvalue weighted by molar-refractivity contribution is 5.42. The van der Waals surface area contributed by atoms with Gasteiger partial charge in [-0.25, -0.2) is 4.98 Å². The highest BCUT2D eigenvalue weighted by Crippen LogP contribution is 2.14. The first-order chi connectivity index (χ1) is 8.21. The predicted octanol–water partition coefficient (Wildman–Crippen LogP) is 2.10. The second kappa shape index (κ2) is 6.87. The molecule has 1 unspecified atom stereocenters. The molecule has 0 aliphatic rings. The second-order valence-electron chi connectivity index (χ2n) is 4.12. The van der Waals surface area contributed by atoms with Crippen molar-refractivity contribution in [2.75, 3.05) is 25.5 Å². The zero-order valence-corrected chi connectivity index (χ0v) is 10.8. The molecule has 0 saturated heterocycles. The van der Waals surface area contributed by atoms with Gasteiger partial charge in [0.25, 0.3) is 0 Å². The summed E-state index contributed by atoms with van der Waals surface area (Å²) in [5, 5.41) is 11.9. The first-order valence-electron chi connectivity index (χ1n) is 5.94. The van der Waals surface area contributed by atoms with E-state index in [4.69, 9.17) is 5.26 Å². The van der Waals surface area contributed by atoms with E-state index in [1.54, 1.807) is 6.20 Å². The fourth-order valence-electron chi connectivity index (χ4n) is 1.77. The summed E-state index contributed by atoms with van der Waals surface area (Å²) in [5.74, 6) is 0.972. The molecular weight excluding hydrogens is 212 g/mol. The van der Waals surface area contributed by atoms with Crippen LogP contribution >= 0.6 is 0 Å². The van der Waals surface area contributed by atoms with Crippen LogP contribution in [0.2, 0.25) is 0 Å². The minimum absolute atomic E-state index is 0.0599. The lowest BCUT2D eigenvalue weighted by Crippen LogP contribution is -2.28. The average Bonchev–Trinajstić information content (AvgIpc) is 2.38. The topological polar surface area (TPSA) is 52.0 Å². The van der Waals surface area contributed by atoms with E-state index in [0.717, 1.165) is 25.5 Å². The quantitative estimate of drug-likeness (QED) is 0.816. The van der Waals surface area contributed by atoms with Crippen LogP contribution in [0, 0.1) is 17.2 Å². The summed E-state index contributed by atoms with van der Waals surface area (Å²) in [6, 6.07) is 6.28. The van der Waals surface area contributed by atoms with Crippen molar-refractivity contribution in [1.82, 2.24) is 9.88 Å². The Kier molecular flexibility index (Phi) is 5.44. The number of rotatable bonds is 6. The van der Waals surface area contributed by atoms with Gasteiger partial charge < -0.3 is 5.32 Å².